The summed E-state index contributed by atoms with van der Waals surface area (Å²) >= 11 is 0. The average Bonchev–Trinajstić information content (AvgIpc) is 3.15. The Balaban J connectivity index is 1.46. The second-order valence-electron chi connectivity index (χ2n) is 11.5. The minimum absolute atomic E-state index is 0.0172. The number of likely N-dealkylation sites (tertiary alicyclic amines) is 1. The van der Waals surface area contributed by atoms with Gasteiger partial charge in [-0.25, -0.2) is 8.42 Å². The lowest BCUT2D eigenvalue weighted by molar-refractivity contribution is -0.192. The zero-order chi connectivity index (χ0) is 24.6. The van der Waals surface area contributed by atoms with Crippen molar-refractivity contribution in [3.05, 3.63) is 65.2 Å². The topological polar surface area (TPSA) is 70.1 Å². The van der Waals surface area contributed by atoms with Gasteiger partial charge in [0.2, 0.25) is 10.0 Å². The second kappa shape index (κ2) is 8.04. The Morgan fingerprint density at radius 2 is 1.91 bits per heavy atom. The number of nitrogens with zero attached hydrogens (tertiary/aromatic N) is 2. The van der Waals surface area contributed by atoms with Crippen molar-refractivity contribution in [1.29, 1.82) is 0 Å². The van der Waals surface area contributed by atoms with Crippen molar-refractivity contribution >= 4 is 10.0 Å². The molecule has 2 heterocycles. The summed E-state index contributed by atoms with van der Waals surface area (Å²) in [7, 11) is -1.50. The van der Waals surface area contributed by atoms with E-state index in [9.17, 15) is 13.5 Å². The average molecular weight is 497 g/mol. The molecule has 35 heavy (non-hydrogen) atoms. The normalized spacial score (nSPS) is 33.6. The number of hydrogen-bond acceptors (Lipinski definition) is 5. The summed E-state index contributed by atoms with van der Waals surface area (Å²) in [6.45, 7) is 5.45. The highest BCUT2D eigenvalue weighted by Gasteiger charge is 2.73. The minimum atomic E-state index is -3.61. The van der Waals surface area contributed by atoms with Crippen LogP contribution in [0.4, 0.5) is 0 Å². The summed E-state index contributed by atoms with van der Waals surface area (Å²) in [5.74, 6) is 0.991. The number of rotatable bonds is 6. The molecular formula is C28H36N2O4S. The van der Waals surface area contributed by atoms with E-state index in [1.54, 1.807) is 4.31 Å². The predicted octanol–water partition coefficient (Wildman–Crippen LogP) is 3.33. The molecule has 188 valence electrons. The Hall–Kier alpha value is -1.93. The van der Waals surface area contributed by atoms with E-state index in [-0.39, 0.29) is 23.8 Å². The van der Waals surface area contributed by atoms with Crippen molar-refractivity contribution in [2.24, 2.45) is 5.92 Å². The van der Waals surface area contributed by atoms with Crippen molar-refractivity contribution in [2.75, 3.05) is 20.1 Å². The van der Waals surface area contributed by atoms with Crippen molar-refractivity contribution < 1.29 is 18.3 Å². The molecule has 2 fully saturated rings. The van der Waals surface area contributed by atoms with Gasteiger partial charge in [0, 0.05) is 18.2 Å². The minimum Gasteiger partial charge on any atom is -0.487 e. The molecule has 2 aromatic carbocycles. The zero-order valence-electron chi connectivity index (χ0n) is 20.9. The Kier molecular flexibility index (Phi) is 5.39. The molecule has 0 aromatic heterocycles. The van der Waals surface area contributed by atoms with E-state index in [0.717, 1.165) is 36.3 Å². The fourth-order valence-corrected chi connectivity index (χ4v) is 9.61. The summed E-state index contributed by atoms with van der Waals surface area (Å²) in [5, 5.41) is 12.4. The van der Waals surface area contributed by atoms with Crippen LogP contribution in [-0.4, -0.2) is 66.7 Å². The highest BCUT2D eigenvalue weighted by Crippen LogP contribution is 2.64. The number of likely N-dealkylation sites (N-methyl/N-ethyl adjacent to an activating group) is 1. The lowest BCUT2D eigenvalue weighted by atomic mass is 9.48. The number of hydrogen-bond donors (Lipinski definition) is 1. The fraction of sp³-hybridized carbons (Fsp3) is 0.571. The summed E-state index contributed by atoms with van der Waals surface area (Å²) in [6, 6.07) is 15.3. The molecule has 6 nitrogen and oxygen atoms in total. The predicted molar refractivity (Wildman–Crippen MR) is 136 cm³/mol. The maximum atomic E-state index is 14.0. The molecule has 1 saturated carbocycles. The van der Waals surface area contributed by atoms with E-state index in [0.29, 0.717) is 19.4 Å². The van der Waals surface area contributed by atoms with Crippen LogP contribution >= 0.6 is 0 Å². The van der Waals surface area contributed by atoms with Crippen LogP contribution in [0.5, 0.6) is 5.75 Å². The third-order valence-corrected chi connectivity index (χ3v) is 10.9. The first-order valence-electron chi connectivity index (χ1n) is 12.9. The van der Waals surface area contributed by atoms with Gasteiger partial charge in [0.1, 0.15) is 11.9 Å². The first-order chi connectivity index (χ1) is 16.7. The van der Waals surface area contributed by atoms with Gasteiger partial charge in [-0.1, -0.05) is 56.3 Å². The van der Waals surface area contributed by atoms with Crippen LogP contribution in [0.3, 0.4) is 0 Å². The van der Waals surface area contributed by atoms with Crippen LogP contribution in [0.2, 0.25) is 0 Å². The van der Waals surface area contributed by atoms with Gasteiger partial charge >= 0.3 is 0 Å². The van der Waals surface area contributed by atoms with E-state index in [1.165, 1.54) is 5.56 Å². The van der Waals surface area contributed by atoms with Crippen LogP contribution in [0.1, 0.15) is 49.8 Å². The van der Waals surface area contributed by atoms with Crippen molar-refractivity contribution in [1.82, 2.24) is 9.21 Å². The van der Waals surface area contributed by atoms with Crippen LogP contribution in [0.25, 0.3) is 0 Å². The summed E-state index contributed by atoms with van der Waals surface area (Å²) in [6.07, 6.45) is 2.36. The highest BCUT2D eigenvalue weighted by molar-refractivity contribution is 7.88. The molecule has 2 aliphatic carbocycles. The van der Waals surface area contributed by atoms with Gasteiger partial charge in [0.05, 0.1) is 22.8 Å². The molecule has 2 aliphatic heterocycles. The molecule has 4 aliphatic rings. The number of piperidine rings is 1. The van der Waals surface area contributed by atoms with Crippen LogP contribution in [-0.2, 0) is 27.6 Å². The lowest BCUT2D eigenvalue weighted by Gasteiger charge is -2.64. The van der Waals surface area contributed by atoms with Crippen molar-refractivity contribution in [3.63, 3.8) is 0 Å². The molecule has 5 atom stereocenters. The molecule has 2 bridgehead atoms. The van der Waals surface area contributed by atoms with E-state index >= 15 is 0 Å². The molecule has 1 saturated heterocycles. The third kappa shape index (κ3) is 3.28. The molecule has 0 radical (unpaired) electrons. The lowest BCUT2D eigenvalue weighted by Crippen LogP contribution is -2.78. The van der Waals surface area contributed by atoms with Gasteiger partial charge in [-0.15, -0.1) is 0 Å². The Bertz CT molecular complexity index is 1230. The maximum absolute atomic E-state index is 14.0. The smallest absolute Gasteiger partial charge is 0.218 e. The summed E-state index contributed by atoms with van der Waals surface area (Å²) in [5.41, 5.74) is 1.69. The van der Waals surface area contributed by atoms with Crippen LogP contribution in [0.15, 0.2) is 48.5 Å². The first kappa shape index (κ1) is 23.5. The van der Waals surface area contributed by atoms with Crippen LogP contribution in [0, 0.1) is 5.92 Å². The largest absolute Gasteiger partial charge is 0.487 e. The fourth-order valence-electron chi connectivity index (χ4n) is 7.67. The Morgan fingerprint density at radius 1 is 1.14 bits per heavy atom. The molecule has 1 N–H and O–H groups in total. The van der Waals surface area contributed by atoms with Crippen molar-refractivity contribution in [2.45, 2.75) is 74.5 Å². The molecule has 0 unspecified atom stereocenters. The van der Waals surface area contributed by atoms with E-state index in [1.807, 2.05) is 42.5 Å². The van der Waals surface area contributed by atoms with E-state index in [4.69, 9.17) is 4.74 Å². The van der Waals surface area contributed by atoms with Gasteiger partial charge in [-0.2, -0.15) is 4.31 Å². The number of sulfonamides is 1. The first-order valence-corrected chi connectivity index (χ1v) is 14.5. The Morgan fingerprint density at radius 3 is 2.66 bits per heavy atom. The third-order valence-electron chi connectivity index (χ3n) is 9.06. The quantitative estimate of drug-likeness (QED) is 0.665. The van der Waals surface area contributed by atoms with Gasteiger partial charge in [0.15, 0.2) is 0 Å². The number of aliphatic hydroxyl groups is 1. The molecule has 1 spiro atoms. The molecule has 0 amide bonds. The SMILES string of the molecule is CC(C)CN([C@H]1CC[C@@]2(O)[C@H]3Cc4cccc5c4[C@@]2(CCN3C)[C@H]1O5)S(=O)(=O)Cc1ccccc1. The standard InChI is InChI=1S/C28H36N2O4S/c1-19(2)17-30(35(32,33)18-20-8-5-4-6-9-20)22-12-13-28(31)24-16-21-10-7-11-23-25(21)27(28,26(22)34-23)14-15-29(24)3/h4-11,19,22,24,26,31H,12-18H2,1-3H3/t22-,24+,26-,27-,28+/m0/s1. The highest BCUT2D eigenvalue weighted by atomic mass is 32.2. The van der Waals surface area contributed by atoms with Crippen LogP contribution < -0.4 is 4.74 Å². The molecule has 2 aromatic rings. The van der Waals surface area contributed by atoms with E-state index in [2.05, 4.69) is 31.9 Å². The Labute approximate surface area is 208 Å². The van der Waals surface area contributed by atoms with E-state index < -0.39 is 27.1 Å². The van der Waals surface area contributed by atoms with Gasteiger partial charge < -0.3 is 14.7 Å². The maximum Gasteiger partial charge on any atom is 0.218 e. The monoisotopic (exact) mass is 496 g/mol. The number of ether oxygens (including phenoxy) is 1. The number of benzene rings is 2. The van der Waals surface area contributed by atoms with Gasteiger partial charge in [-0.3, -0.25) is 0 Å². The molecule has 7 heteroatoms. The molecular weight excluding hydrogens is 460 g/mol. The summed E-state index contributed by atoms with van der Waals surface area (Å²) in [4.78, 5) is 2.30. The van der Waals surface area contributed by atoms with Gasteiger partial charge in [0.25, 0.3) is 0 Å². The molecule has 6 rings (SSSR count). The van der Waals surface area contributed by atoms with Crippen molar-refractivity contribution in [3.8, 4) is 5.75 Å². The zero-order valence-corrected chi connectivity index (χ0v) is 21.7. The summed E-state index contributed by atoms with van der Waals surface area (Å²) < 4.78 is 36.4. The van der Waals surface area contributed by atoms with Gasteiger partial charge in [-0.05, 0) is 62.4 Å². The second-order valence-corrected chi connectivity index (χ2v) is 13.4.